The van der Waals surface area contributed by atoms with Crippen LogP contribution in [-0.4, -0.2) is 46.6 Å². The summed E-state index contributed by atoms with van der Waals surface area (Å²) in [5, 5.41) is 9.18. The number of H-pyrrole nitrogens is 2. The second kappa shape index (κ2) is 15.3. The SMILES string of the molecule is CC(=O)Nc1cccc2c1-c1ccccc1C2.CN(C)CC/C=C1/c2ccccc2Sc2ccc(Cl)cc21.Cc1n[nH]c(=O)[nH]c1=O. The molecule has 2 heterocycles. The molecule has 0 bridgehead atoms. The molecule has 0 fully saturated rings. The lowest BCUT2D eigenvalue weighted by Crippen LogP contribution is -2.25. The Balaban J connectivity index is 0.000000149. The van der Waals surface area contributed by atoms with E-state index in [1.54, 1.807) is 6.92 Å². The number of fused-ring (bicyclic) bond motifs is 5. The van der Waals surface area contributed by atoms with Gasteiger partial charge >= 0.3 is 5.69 Å². The van der Waals surface area contributed by atoms with Crippen LogP contribution in [0.15, 0.2) is 110 Å². The lowest BCUT2D eigenvalue weighted by Gasteiger charge is -2.22. The van der Waals surface area contributed by atoms with E-state index in [1.807, 2.05) is 41.0 Å². The molecule has 0 radical (unpaired) electrons. The maximum atomic E-state index is 11.2. The number of carbonyl (C=O) groups excluding carboxylic acids is 1. The Kier molecular flexibility index (Phi) is 10.9. The summed E-state index contributed by atoms with van der Waals surface area (Å²) in [4.78, 5) is 38.8. The van der Waals surface area contributed by atoms with Crippen molar-refractivity contribution in [2.45, 2.75) is 36.5 Å². The summed E-state index contributed by atoms with van der Waals surface area (Å²) in [6.45, 7) is 4.10. The van der Waals surface area contributed by atoms with Crippen LogP contribution in [-0.2, 0) is 11.2 Å². The number of nitrogens with zero attached hydrogens (tertiary/aromatic N) is 2. The van der Waals surface area contributed by atoms with Crippen LogP contribution < -0.4 is 16.6 Å². The van der Waals surface area contributed by atoms with Crippen LogP contribution in [0.25, 0.3) is 16.7 Å². The second-order valence-electron chi connectivity index (χ2n) is 11.4. The van der Waals surface area contributed by atoms with Crippen molar-refractivity contribution in [1.29, 1.82) is 0 Å². The average Bonchev–Trinajstić information content (AvgIpc) is 3.43. The van der Waals surface area contributed by atoms with Gasteiger partial charge in [0.2, 0.25) is 5.91 Å². The van der Waals surface area contributed by atoms with Crippen LogP contribution in [0.5, 0.6) is 0 Å². The molecule has 0 atom stereocenters. The van der Waals surface area contributed by atoms with Gasteiger partial charge in [0.1, 0.15) is 5.69 Å². The quantitative estimate of drug-likeness (QED) is 0.184. The highest BCUT2D eigenvalue weighted by Gasteiger charge is 2.22. The molecule has 3 N–H and O–H groups in total. The first-order valence-corrected chi connectivity index (χ1v) is 16.4. The van der Waals surface area contributed by atoms with Gasteiger partial charge in [0.05, 0.1) is 0 Å². The van der Waals surface area contributed by atoms with E-state index in [-0.39, 0.29) is 11.6 Å². The fourth-order valence-corrected chi connectivity index (χ4v) is 6.68. The van der Waals surface area contributed by atoms with Crippen molar-refractivity contribution < 1.29 is 4.79 Å². The van der Waals surface area contributed by atoms with E-state index in [4.69, 9.17) is 11.6 Å². The number of aromatic nitrogens is 3. The summed E-state index contributed by atoms with van der Waals surface area (Å²) < 4.78 is 0. The molecular formula is C37H36ClN5O3S. The third-order valence-electron chi connectivity index (χ3n) is 7.56. The van der Waals surface area contributed by atoms with Gasteiger partial charge in [-0.3, -0.25) is 14.6 Å². The van der Waals surface area contributed by atoms with E-state index in [0.29, 0.717) is 0 Å². The average molecular weight is 666 g/mol. The molecule has 1 aliphatic heterocycles. The highest BCUT2D eigenvalue weighted by atomic mass is 35.5. The van der Waals surface area contributed by atoms with E-state index < -0.39 is 11.2 Å². The minimum Gasteiger partial charge on any atom is -0.326 e. The first-order chi connectivity index (χ1) is 22.6. The molecule has 5 aromatic rings. The summed E-state index contributed by atoms with van der Waals surface area (Å²) >= 11 is 8.03. The van der Waals surface area contributed by atoms with Crippen LogP contribution in [0.3, 0.4) is 0 Å². The first-order valence-electron chi connectivity index (χ1n) is 15.2. The van der Waals surface area contributed by atoms with Gasteiger partial charge in [0.15, 0.2) is 0 Å². The Labute approximate surface area is 282 Å². The summed E-state index contributed by atoms with van der Waals surface area (Å²) in [5.41, 5.74) is 9.08. The maximum absolute atomic E-state index is 11.2. The number of rotatable bonds is 4. The topological polar surface area (TPSA) is 111 Å². The molecule has 1 aliphatic carbocycles. The van der Waals surface area contributed by atoms with Gasteiger partial charge in [-0.2, -0.15) is 5.10 Å². The van der Waals surface area contributed by atoms with Gasteiger partial charge < -0.3 is 10.2 Å². The predicted molar refractivity (Wildman–Crippen MR) is 191 cm³/mol. The maximum Gasteiger partial charge on any atom is 0.342 e. The van der Waals surface area contributed by atoms with Gasteiger partial charge in [-0.1, -0.05) is 84.0 Å². The summed E-state index contributed by atoms with van der Waals surface area (Å²) in [6.07, 6.45) is 4.33. The third-order valence-corrected chi connectivity index (χ3v) is 8.95. The molecule has 0 unspecified atom stereocenters. The zero-order chi connectivity index (χ0) is 33.5. The lowest BCUT2D eigenvalue weighted by atomic mass is 9.96. The fourth-order valence-electron chi connectivity index (χ4n) is 5.42. The Morgan fingerprint density at radius 3 is 2.36 bits per heavy atom. The zero-order valence-electron chi connectivity index (χ0n) is 26.7. The van der Waals surface area contributed by atoms with Crippen molar-refractivity contribution in [3.8, 4) is 11.1 Å². The normalized spacial score (nSPS) is 12.9. The summed E-state index contributed by atoms with van der Waals surface area (Å²) in [5.74, 6) is -0.0252. The van der Waals surface area contributed by atoms with Gasteiger partial charge in [-0.25, -0.2) is 9.89 Å². The largest absolute Gasteiger partial charge is 0.342 e. The molecule has 240 valence electrons. The Morgan fingerprint density at radius 1 is 0.936 bits per heavy atom. The van der Waals surface area contributed by atoms with E-state index in [0.717, 1.165) is 30.1 Å². The molecule has 1 amide bonds. The van der Waals surface area contributed by atoms with Gasteiger partial charge in [0.25, 0.3) is 5.56 Å². The van der Waals surface area contributed by atoms with E-state index in [2.05, 4.69) is 101 Å². The molecule has 8 nitrogen and oxygen atoms in total. The number of benzene rings is 4. The minimum atomic E-state index is -0.578. The van der Waals surface area contributed by atoms with Crippen LogP contribution in [0, 0.1) is 6.92 Å². The molecular weight excluding hydrogens is 630 g/mol. The van der Waals surface area contributed by atoms with Crippen molar-refractivity contribution >= 4 is 40.5 Å². The Hall–Kier alpha value is -4.70. The molecule has 10 heteroatoms. The van der Waals surface area contributed by atoms with E-state index >= 15 is 0 Å². The minimum absolute atomic E-state index is 0.0252. The monoisotopic (exact) mass is 665 g/mol. The molecule has 47 heavy (non-hydrogen) atoms. The second-order valence-corrected chi connectivity index (χ2v) is 12.9. The van der Waals surface area contributed by atoms with Crippen molar-refractivity contribution in [2.24, 2.45) is 0 Å². The smallest absolute Gasteiger partial charge is 0.326 e. The van der Waals surface area contributed by atoms with Crippen molar-refractivity contribution in [3.63, 3.8) is 0 Å². The molecule has 0 spiro atoms. The molecule has 0 saturated heterocycles. The first kappa shape index (κ1) is 33.7. The Bertz CT molecular complexity index is 2070. The molecule has 2 aliphatic rings. The molecule has 0 saturated carbocycles. The van der Waals surface area contributed by atoms with Crippen LogP contribution >= 0.6 is 23.4 Å². The number of hydrogen-bond donors (Lipinski definition) is 3. The molecule has 1 aromatic heterocycles. The highest BCUT2D eigenvalue weighted by Crippen LogP contribution is 2.46. The van der Waals surface area contributed by atoms with Crippen molar-refractivity contribution in [1.82, 2.24) is 20.1 Å². The van der Waals surface area contributed by atoms with Crippen LogP contribution in [0.4, 0.5) is 5.69 Å². The van der Waals surface area contributed by atoms with Crippen LogP contribution in [0.2, 0.25) is 5.02 Å². The number of anilines is 1. The van der Waals surface area contributed by atoms with E-state index in [9.17, 15) is 14.4 Å². The third kappa shape index (κ3) is 8.37. The molecule has 4 aromatic carbocycles. The predicted octanol–water partition coefficient (Wildman–Crippen LogP) is 7.17. The van der Waals surface area contributed by atoms with Crippen molar-refractivity contribution in [2.75, 3.05) is 26.0 Å². The Morgan fingerprint density at radius 2 is 1.64 bits per heavy atom. The van der Waals surface area contributed by atoms with Crippen LogP contribution in [0.1, 0.15) is 41.3 Å². The van der Waals surface area contributed by atoms with Gasteiger partial charge in [-0.05, 0) is 97.6 Å². The van der Waals surface area contributed by atoms with Crippen molar-refractivity contribution in [3.05, 3.63) is 145 Å². The summed E-state index contributed by atoms with van der Waals surface area (Å²) in [7, 11) is 4.21. The standard InChI is InChI=1S/C18H18ClNS.C15H13NO.C4H5N3O2/c1-20(2)11-5-7-14-15-6-3-4-8-17(15)21-18-10-9-13(19)12-16(14)18;1-10(17)16-14-8-4-6-12-9-11-5-2-3-7-13(11)15(12)14;1-2-3(8)5-4(9)7-6-2/h3-4,6-10,12H,5,11H2,1-2H3;2-8H,9H2,1H3,(H,16,17);1H3,(H2,5,7,8,9)/b14-7-;;. The van der Waals surface area contributed by atoms with Gasteiger partial charge in [0, 0.05) is 39.5 Å². The molecule has 7 rings (SSSR count). The number of hydrogen-bond acceptors (Lipinski definition) is 6. The highest BCUT2D eigenvalue weighted by molar-refractivity contribution is 7.99. The number of halogens is 1. The van der Waals surface area contributed by atoms with E-state index in [1.165, 1.54) is 55.7 Å². The zero-order valence-corrected chi connectivity index (χ0v) is 28.3. The number of amides is 1. The fraction of sp³-hybridized carbons (Fsp3) is 0.189. The lowest BCUT2D eigenvalue weighted by molar-refractivity contribution is -0.114. The summed E-state index contributed by atoms with van der Waals surface area (Å²) in [6, 6.07) is 29.2. The number of aromatic amines is 2. The van der Waals surface area contributed by atoms with Gasteiger partial charge in [-0.15, -0.1) is 0 Å². The number of nitrogens with one attached hydrogen (secondary N) is 3. The number of aryl methyl sites for hydroxylation is 1. The number of carbonyl (C=O) groups is 1.